The van der Waals surface area contributed by atoms with Gasteiger partial charge in [-0.05, 0) is 25.9 Å². The molecule has 0 saturated carbocycles. The third-order valence-corrected chi connectivity index (χ3v) is 2.81. The fourth-order valence-corrected chi connectivity index (χ4v) is 1.92. The predicted octanol–water partition coefficient (Wildman–Crippen LogP) is 0.526. The number of rotatable bonds is 5. The van der Waals surface area contributed by atoms with E-state index in [1.54, 1.807) is 0 Å². The minimum atomic E-state index is 0.640. The Balaban J connectivity index is 2.18. The molecule has 0 aromatic rings. The molecular formula is C11H25N3. The minimum absolute atomic E-state index is 0.640. The maximum atomic E-state index is 3.53. The van der Waals surface area contributed by atoms with Gasteiger partial charge in [0.1, 0.15) is 0 Å². The first kappa shape index (κ1) is 12.0. The van der Waals surface area contributed by atoms with Gasteiger partial charge in [-0.1, -0.05) is 13.8 Å². The zero-order valence-electron chi connectivity index (χ0n) is 9.84. The highest BCUT2D eigenvalue weighted by Crippen LogP contribution is 2.04. The van der Waals surface area contributed by atoms with Crippen molar-refractivity contribution in [1.29, 1.82) is 0 Å². The second kappa shape index (κ2) is 6.38. The van der Waals surface area contributed by atoms with Crippen molar-refractivity contribution in [3.05, 3.63) is 0 Å². The number of hydrogen-bond donors (Lipinski definition) is 2. The molecule has 0 bridgehead atoms. The Bertz CT molecular complexity index is 145. The van der Waals surface area contributed by atoms with Crippen molar-refractivity contribution < 1.29 is 0 Å². The second-order valence-corrected chi connectivity index (χ2v) is 4.69. The maximum absolute atomic E-state index is 3.53. The summed E-state index contributed by atoms with van der Waals surface area (Å²) in [4.78, 5) is 2.58. The van der Waals surface area contributed by atoms with Crippen LogP contribution in [0.25, 0.3) is 0 Å². The molecule has 3 heteroatoms. The quantitative estimate of drug-likeness (QED) is 0.676. The first-order chi connectivity index (χ1) is 6.72. The highest BCUT2D eigenvalue weighted by molar-refractivity contribution is 4.79. The van der Waals surface area contributed by atoms with E-state index >= 15 is 0 Å². The van der Waals surface area contributed by atoms with Gasteiger partial charge >= 0.3 is 0 Å². The Morgan fingerprint density at radius 2 is 2.29 bits per heavy atom. The Labute approximate surface area is 88.2 Å². The third kappa shape index (κ3) is 4.40. The molecule has 3 nitrogen and oxygen atoms in total. The van der Waals surface area contributed by atoms with Crippen molar-refractivity contribution in [2.24, 2.45) is 5.92 Å². The number of nitrogens with one attached hydrogen (secondary N) is 2. The summed E-state index contributed by atoms with van der Waals surface area (Å²) >= 11 is 0. The van der Waals surface area contributed by atoms with Crippen LogP contribution in [0.1, 0.15) is 20.3 Å². The van der Waals surface area contributed by atoms with E-state index in [1.807, 2.05) is 7.05 Å². The summed E-state index contributed by atoms with van der Waals surface area (Å²) in [7, 11) is 2.02. The van der Waals surface area contributed by atoms with Crippen LogP contribution in [0, 0.1) is 5.92 Å². The van der Waals surface area contributed by atoms with E-state index in [4.69, 9.17) is 0 Å². The third-order valence-electron chi connectivity index (χ3n) is 2.81. The van der Waals surface area contributed by atoms with Gasteiger partial charge in [-0.3, -0.25) is 0 Å². The molecule has 0 amide bonds. The number of hydrogen-bond acceptors (Lipinski definition) is 3. The van der Waals surface area contributed by atoms with Crippen molar-refractivity contribution in [2.45, 2.75) is 26.3 Å². The summed E-state index contributed by atoms with van der Waals surface area (Å²) in [6.45, 7) is 10.5. The van der Waals surface area contributed by atoms with E-state index in [1.165, 1.54) is 26.1 Å². The number of nitrogens with zero attached hydrogens (tertiary/aromatic N) is 1. The van der Waals surface area contributed by atoms with Gasteiger partial charge < -0.3 is 15.5 Å². The van der Waals surface area contributed by atoms with Gasteiger partial charge in [0.15, 0.2) is 0 Å². The van der Waals surface area contributed by atoms with Crippen LogP contribution >= 0.6 is 0 Å². The molecule has 1 atom stereocenters. The highest BCUT2D eigenvalue weighted by Gasteiger charge is 2.17. The summed E-state index contributed by atoms with van der Waals surface area (Å²) in [5.41, 5.74) is 0. The number of piperazine rings is 1. The lowest BCUT2D eigenvalue weighted by atomic mass is 10.1. The van der Waals surface area contributed by atoms with Crippen LogP contribution in [0.5, 0.6) is 0 Å². The van der Waals surface area contributed by atoms with Crippen LogP contribution < -0.4 is 10.6 Å². The lowest BCUT2D eigenvalue weighted by molar-refractivity contribution is 0.190. The molecule has 1 rings (SSSR count). The zero-order chi connectivity index (χ0) is 10.4. The van der Waals surface area contributed by atoms with Crippen LogP contribution in [0.2, 0.25) is 0 Å². The first-order valence-corrected chi connectivity index (χ1v) is 5.82. The Kier molecular flexibility index (Phi) is 5.45. The topological polar surface area (TPSA) is 27.3 Å². The molecule has 2 N–H and O–H groups in total. The van der Waals surface area contributed by atoms with Crippen molar-refractivity contribution in [1.82, 2.24) is 15.5 Å². The van der Waals surface area contributed by atoms with Gasteiger partial charge in [0.05, 0.1) is 0 Å². The van der Waals surface area contributed by atoms with Crippen molar-refractivity contribution in [3.8, 4) is 0 Å². The van der Waals surface area contributed by atoms with Gasteiger partial charge in [-0.15, -0.1) is 0 Å². The summed E-state index contributed by atoms with van der Waals surface area (Å²) in [5, 5.41) is 6.77. The fourth-order valence-electron chi connectivity index (χ4n) is 1.92. The summed E-state index contributed by atoms with van der Waals surface area (Å²) in [6, 6.07) is 0.640. The van der Waals surface area contributed by atoms with Crippen LogP contribution in [0.4, 0.5) is 0 Å². The summed E-state index contributed by atoms with van der Waals surface area (Å²) < 4.78 is 0. The number of likely N-dealkylation sites (N-methyl/N-ethyl adjacent to an activating group) is 1. The molecule has 0 aliphatic carbocycles. The van der Waals surface area contributed by atoms with Crippen molar-refractivity contribution in [2.75, 3.05) is 39.8 Å². The smallest absolute Gasteiger partial charge is 0.0320 e. The van der Waals surface area contributed by atoms with Gasteiger partial charge in [0, 0.05) is 32.2 Å². The van der Waals surface area contributed by atoms with Crippen LogP contribution in [-0.2, 0) is 0 Å². The van der Waals surface area contributed by atoms with Crippen molar-refractivity contribution >= 4 is 0 Å². The second-order valence-electron chi connectivity index (χ2n) is 4.69. The lowest BCUT2D eigenvalue weighted by Gasteiger charge is -2.34. The molecule has 0 aromatic heterocycles. The molecule has 1 fully saturated rings. The van der Waals surface area contributed by atoms with E-state index in [0.717, 1.165) is 19.0 Å². The Morgan fingerprint density at radius 3 is 2.93 bits per heavy atom. The molecule has 1 aliphatic rings. The Morgan fingerprint density at radius 1 is 1.50 bits per heavy atom. The molecule has 1 heterocycles. The van der Waals surface area contributed by atoms with Crippen LogP contribution in [-0.4, -0.2) is 50.7 Å². The molecule has 0 radical (unpaired) electrons. The molecule has 0 spiro atoms. The minimum Gasteiger partial charge on any atom is -0.318 e. The van der Waals surface area contributed by atoms with Gasteiger partial charge in [-0.25, -0.2) is 0 Å². The largest absolute Gasteiger partial charge is 0.318 e. The van der Waals surface area contributed by atoms with Crippen LogP contribution in [0.15, 0.2) is 0 Å². The van der Waals surface area contributed by atoms with E-state index in [0.29, 0.717) is 6.04 Å². The lowest BCUT2D eigenvalue weighted by Crippen LogP contribution is -2.54. The monoisotopic (exact) mass is 199 g/mol. The fraction of sp³-hybridized carbons (Fsp3) is 1.00. The van der Waals surface area contributed by atoms with Crippen molar-refractivity contribution in [3.63, 3.8) is 0 Å². The molecule has 84 valence electrons. The normalized spacial score (nSPS) is 24.4. The van der Waals surface area contributed by atoms with Gasteiger partial charge in [0.2, 0.25) is 0 Å². The molecule has 1 aliphatic heterocycles. The molecule has 14 heavy (non-hydrogen) atoms. The average molecular weight is 199 g/mol. The molecule has 1 saturated heterocycles. The SMILES string of the molecule is CNCC1CN(CCC(C)C)CCN1. The molecule has 0 aromatic carbocycles. The van der Waals surface area contributed by atoms with E-state index in [-0.39, 0.29) is 0 Å². The maximum Gasteiger partial charge on any atom is 0.0320 e. The summed E-state index contributed by atoms with van der Waals surface area (Å²) in [6.07, 6.45) is 1.33. The molecule has 1 unspecified atom stereocenters. The predicted molar refractivity (Wildman–Crippen MR) is 61.6 cm³/mol. The van der Waals surface area contributed by atoms with E-state index in [2.05, 4.69) is 29.4 Å². The van der Waals surface area contributed by atoms with E-state index < -0.39 is 0 Å². The van der Waals surface area contributed by atoms with Gasteiger partial charge in [0.25, 0.3) is 0 Å². The highest BCUT2D eigenvalue weighted by atomic mass is 15.2. The summed E-state index contributed by atoms with van der Waals surface area (Å²) in [5.74, 6) is 0.827. The average Bonchev–Trinajstić information content (AvgIpc) is 2.16. The Hall–Kier alpha value is -0.120. The van der Waals surface area contributed by atoms with Gasteiger partial charge in [-0.2, -0.15) is 0 Å². The first-order valence-electron chi connectivity index (χ1n) is 5.82. The van der Waals surface area contributed by atoms with Crippen LogP contribution in [0.3, 0.4) is 0 Å². The molecular weight excluding hydrogens is 174 g/mol. The van der Waals surface area contributed by atoms with E-state index in [9.17, 15) is 0 Å². The zero-order valence-corrected chi connectivity index (χ0v) is 9.84. The standard InChI is InChI=1S/C11H25N3/c1-10(2)4-6-14-7-5-13-11(9-14)8-12-3/h10-13H,4-9H2,1-3H3.